The van der Waals surface area contributed by atoms with Crippen molar-refractivity contribution < 1.29 is 17.9 Å². The maximum Gasteiger partial charge on any atom is 0.262 e. The molecule has 2 aromatic rings. The van der Waals surface area contributed by atoms with Crippen LogP contribution < -0.4 is 0 Å². The predicted molar refractivity (Wildman–Crippen MR) is 97.4 cm³/mol. The van der Waals surface area contributed by atoms with E-state index in [-0.39, 0.29) is 29.8 Å². The van der Waals surface area contributed by atoms with Crippen molar-refractivity contribution in [1.82, 2.24) is 18.8 Å². The first kappa shape index (κ1) is 18.5. The Kier molecular flexibility index (Phi) is 5.02. The van der Waals surface area contributed by atoms with E-state index in [0.717, 1.165) is 24.2 Å². The molecule has 0 N–H and O–H groups in total. The van der Waals surface area contributed by atoms with Gasteiger partial charge in [-0.3, -0.25) is 4.98 Å². The summed E-state index contributed by atoms with van der Waals surface area (Å²) >= 11 is 0. The number of imidazole rings is 1. The van der Waals surface area contributed by atoms with Gasteiger partial charge in [0.25, 0.3) is 10.0 Å². The Morgan fingerprint density at radius 3 is 2.96 bits per heavy atom. The van der Waals surface area contributed by atoms with E-state index in [1.807, 2.05) is 25.1 Å². The summed E-state index contributed by atoms with van der Waals surface area (Å²) in [4.78, 5) is 8.49. The SMILES string of the molecule is Cc1cccc(CO[C@@H]2CN(S(=O)(=O)c3cn(C)cn3)[C@@H]3CCCO[C@@H]32)n1. The van der Waals surface area contributed by atoms with Gasteiger partial charge >= 0.3 is 0 Å². The van der Waals surface area contributed by atoms with E-state index in [2.05, 4.69) is 9.97 Å². The van der Waals surface area contributed by atoms with Gasteiger partial charge in [0, 0.05) is 32.1 Å². The summed E-state index contributed by atoms with van der Waals surface area (Å²) in [5, 5.41) is 0.0651. The lowest BCUT2D eigenvalue weighted by molar-refractivity contribution is -0.0807. The van der Waals surface area contributed by atoms with E-state index in [1.165, 1.54) is 16.8 Å². The molecular weight excluding hydrogens is 368 g/mol. The summed E-state index contributed by atoms with van der Waals surface area (Å²) in [7, 11) is -1.93. The molecule has 27 heavy (non-hydrogen) atoms. The third kappa shape index (κ3) is 3.64. The van der Waals surface area contributed by atoms with Crippen LogP contribution in [0.4, 0.5) is 0 Å². The van der Waals surface area contributed by atoms with Crippen LogP contribution in [0, 0.1) is 6.92 Å². The molecule has 2 aliphatic rings. The Morgan fingerprint density at radius 1 is 1.37 bits per heavy atom. The average Bonchev–Trinajstić information content (AvgIpc) is 3.25. The summed E-state index contributed by atoms with van der Waals surface area (Å²) in [6.07, 6.45) is 4.03. The highest BCUT2D eigenvalue weighted by atomic mass is 32.2. The van der Waals surface area contributed by atoms with E-state index < -0.39 is 10.0 Å². The van der Waals surface area contributed by atoms with Gasteiger partial charge in [-0.05, 0) is 31.9 Å². The van der Waals surface area contributed by atoms with Crippen molar-refractivity contribution in [3.63, 3.8) is 0 Å². The standard InChI is InChI=1S/C18H24N4O4S/c1-13-5-3-6-14(20-13)11-26-16-9-22(15-7-4-8-25-18(15)16)27(23,24)17-10-21(2)12-19-17/h3,5-6,10,12,15-16,18H,4,7-9,11H2,1-2H3/t15-,16-,18+/m1/s1. The summed E-state index contributed by atoms with van der Waals surface area (Å²) in [5.74, 6) is 0. The van der Waals surface area contributed by atoms with Crippen LogP contribution in [0.2, 0.25) is 0 Å². The van der Waals surface area contributed by atoms with Crippen LogP contribution in [0.1, 0.15) is 24.2 Å². The quantitative estimate of drug-likeness (QED) is 0.761. The Morgan fingerprint density at radius 2 is 2.22 bits per heavy atom. The highest BCUT2D eigenvalue weighted by Gasteiger charge is 2.50. The number of aryl methyl sites for hydroxylation is 2. The fourth-order valence-corrected chi connectivity index (χ4v) is 5.45. The van der Waals surface area contributed by atoms with Gasteiger partial charge in [-0.1, -0.05) is 6.07 Å². The highest BCUT2D eigenvalue weighted by molar-refractivity contribution is 7.89. The van der Waals surface area contributed by atoms with Gasteiger partial charge < -0.3 is 14.0 Å². The molecule has 146 valence electrons. The smallest absolute Gasteiger partial charge is 0.262 e. The Bertz CT molecular complexity index is 914. The van der Waals surface area contributed by atoms with E-state index in [4.69, 9.17) is 9.47 Å². The monoisotopic (exact) mass is 392 g/mol. The number of fused-ring (bicyclic) bond motifs is 1. The second-order valence-corrected chi connectivity index (χ2v) is 8.95. The average molecular weight is 392 g/mol. The molecule has 0 saturated carbocycles. The molecule has 0 aromatic carbocycles. The van der Waals surface area contributed by atoms with Crippen molar-refractivity contribution in [3.8, 4) is 0 Å². The zero-order valence-electron chi connectivity index (χ0n) is 15.5. The summed E-state index contributed by atoms with van der Waals surface area (Å²) < 4.78 is 41.3. The lowest BCUT2D eigenvalue weighted by atomic mass is 10.0. The maximum atomic E-state index is 13.1. The van der Waals surface area contributed by atoms with Gasteiger partial charge in [-0.2, -0.15) is 4.31 Å². The third-order valence-electron chi connectivity index (χ3n) is 5.08. The van der Waals surface area contributed by atoms with E-state index in [1.54, 1.807) is 11.6 Å². The molecule has 3 atom stereocenters. The van der Waals surface area contributed by atoms with Gasteiger partial charge in [0.1, 0.15) is 6.10 Å². The molecule has 0 amide bonds. The van der Waals surface area contributed by atoms with Gasteiger partial charge in [0.2, 0.25) is 0 Å². The van der Waals surface area contributed by atoms with Crippen LogP contribution in [0.15, 0.2) is 35.7 Å². The molecule has 9 heteroatoms. The van der Waals surface area contributed by atoms with Gasteiger partial charge in [0.05, 0.1) is 30.8 Å². The van der Waals surface area contributed by atoms with Crippen molar-refractivity contribution in [2.75, 3.05) is 13.2 Å². The predicted octanol–water partition coefficient (Wildman–Crippen LogP) is 1.26. The summed E-state index contributed by atoms with van der Waals surface area (Å²) in [6.45, 7) is 3.15. The van der Waals surface area contributed by atoms with Crippen molar-refractivity contribution in [1.29, 1.82) is 0 Å². The third-order valence-corrected chi connectivity index (χ3v) is 6.85. The van der Waals surface area contributed by atoms with E-state index in [0.29, 0.717) is 13.2 Å². The van der Waals surface area contributed by atoms with E-state index in [9.17, 15) is 8.42 Å². The number of pyridine rings is 1. The molecule has 2 aliphatic heterocycles. The molecule has 2 fully saturated rings. The number of rotatable bonds is 5. The molecule has 2 aromatic heterocycles. The molecular formula is C18H24N4O4S. The van der Waals surface area contributed by atoms with Crippen LogP contribution in [0.5, 0.6) is 0 Å². The number of hydrogen-bond acceptors (Lipinski definition) is 6. The topological polar surface area (TPSA) is 86.6 Å². The van der Waals surface area contributed by atoms with Crippen LogP contribution in [0.3, 0.4) is 0 Å². The minimum atomic E-state index is -3.69. The number of nitrogens with zero attached hydrogens (tertiary/aromatic N) is 4. The zero-order valence-corrected chi connectivity index (χ0v) is 16.3. The summed E-state index contributed by atoms with van der Waals surface area (Å²) in [5.41, 5.74) is 1.75. The minimum absolute atomic E-state index is 0.0651. The van der Waals surface area contributed by atoms with Crippen molar-refractivity contribution in [2.45, 2.75) is 49.6 Å². The van der Waals surface area contributed by atoms with Gasteiger partial charge in [-0.25, -0.2) is 13.4 Å². The number of aromatic nitrogens is 3. The maximum absolute atomic E-state index is 13.1. The molecule has 0 aliphatic carbocycles. The second-order valence-electron chi connectivity index (χ2n) is 7.12. The fourth-order valence-electron chi connectivity index (χ4n) is 3.81. The normalized spacial score (nSPS) is 26.2. The molecule has 4 rings (SSSR count). The van der Waals surface area contributed by atoms with Gasteiger partial charge in [-0.15, -0.1) is 0 Å². The van der Waals surface area contributed by atoms with Crippen LogP contribution in [-0.2, 0) is 33.2 Å². The first-order valence-corrected chi connectivity index (χ1v) is 10.5. The van der Waals surface area contributed by atoms with Crippen molar-refractivity contribution in [3.05, 3.63) is 42.1 Å². The molecule has 2 saturated heterocycles. The lowest BCUT2D eigenvalue weighted by Crippen LogP contribution is -2.43. The largest absolute Gasteiger partial charge is 0.374 e. The van der Waals surface area contributed by atoms with Crippen LogP contribution in [0.25, 0.3) is 0 Å². The number of hydrogen-bond donors (Lipinski definition) is 0. The molecule has 0 radical (unpaired) electrons. The molecule has 0 unspecified atom stereocenters. The molecule has 0 spiro atoms. The zero-order chi connectivity index (χ0) is 19.0. The Labute approximate surface area is 159 Å². The van der Waals surface area contributed by atoms with E-state index >= 15 is 0 Å². The minimum Gasteiger partial charge on any atom is -0.374 e. The van der Waals surface area contributed by atoms with Crippen molar-refractivity contribution in [2.24, 2.45) is 7.05 Å². The molecule has 8 nitrogen and oxygen atoms in total. The summed E-state index contributed by atoms with van der Waals surface area (Å²) in [6, 6.07) is 5.55. The molecule has 0 bridgehead atoms. The van der Waals surface area contributed by atoms with Crippen LogP contribution >= 0.6 is 0 Å². The first-order chi connectivity index (χ1) is 12.9. The fraction of sp³-hybridized carbons (Fsp3) is 0.556. The Balaban J connectivity index is 1.54. The van der Waals surface area contributed by atoms with Gasteiger partial charge in [0.15, 0.2) is 5.03 Å². The Hall–Kier alpha value is -1.81. The number of ether oxygens (including phenoxy) is 2. The van der Waals surface area contributed by atoms with Crippen LogP contribution in [-0.4, -0.2) is 58.7 Å². The highest BCUT2D eigenvalue weighted by Crippen LogP contribution is 2.34. The number of sulfonamides is 1. The second kappa shape index (κ2) is 7.31. The van der Waals surface area contributed by atoms with Crippen molar-refractivity contribution >= 4 is 10.0 Å². The molecule has 4 heterocycles. The first-order valence-electron chi connectivity index (χ1n) is 9.11. The lowest BCUT2D eigenvalue weighted by Gasteiger charge is -2.31.